The maximum atomic E-state index is 2.44. The van der Waals surface area contributed by atoms with Crippen LogP contribution in [-0.4, -0.2) is 4.57 Å². The van der Waals surface area contributed by atoms with Crippen molar-refractivity contribution >= 4 is 49.6 Å². The highest BCUT2D eigenvalue weighted by atomic mass is 15.1. The number of hydrogen-bond donors (Lipinski definition) is 0. The van der Waals surface area contributed by atoms with E-state index in [9.17, 15) is 0 Å². The van der Waals surface area contributed by atoms with Gasteiger partial charge in [-0.2, -0.15) is 0 Å². The van der Waals surface area contributed by atoms with Crippen LogP contribution in [0.3, 0.4) is 0 Å². The van der Waals surface area contributed by atoms with Crippen LogP contribution in [0.15, 0.2) is 243 Å². The second kappa shape index (κ2) is 15.1. The summed E-state index contributed by atoms with van der Waals surface area (Å²) in [5, 5.41) is 4.97. The van der Waals surface area contributed by atoms with E-state index >= 15 is 0 Å². The van der Waals surface area contributed by atoms with E-state index in [4.69, 9.17) is 0 Å². The third kappa shape index (κ3) is 6.14. The van der Waals surface area contributed by atoms with Crippen LogP contribution in [0.25, 0.3) is 82.8 Å². The van der Waals surface area contributed by atoms with E-state index in [1.54, 1.807) is 0 Å². The Hall–Kier alpha value is -7.94. The number of nitrogens with zero attached hydrogens (tertiary/aromatic N) is 2. The molecule has 0 unspecified atom stereocenters. The molecule has 0 N–H and O–H groups in total. The number of benzene rings is 10. The predicted octanol–water partition coefficient (Wildman–Crippen LogP) is 16.1. The molecule has 0 saturated carbocycles. The van der Waals surface area contributed by atoms with Gasteiger partial charge in [-0.3, -0.25) is 0 Å². The molecule has 0 spiro atoms. The van der Waals surface area contributed by atoms with E-state index in [0.717, 1.165) is 28.3 Å². The van der Waals surface area contributed by atoms with Gasteiger partial charge in [0, 0.05) is 33.3 Å². The largest absolute Gasteiger partial charge is 0.309 e. The van der Waals surface area contributed by atoms with Crippen molar-refractivity contribution in [1.82, 2.24) is 4.57 Å². The van der Waals surface area contributed by atoms with Gasteiger partial charge in [-0.15, -0.1) is 0 Å². The first-order valence-corrected chi connectivity index (χ1v) is 20.6. The molecule has 282 valence electrons. The lowest BCUT2D eigenvalue weighted by Crippen LogP contribution is -2.12. The average Bonchev–Trinajstić information content (AvgIpc) is 3.67. The van der Waals surface area contributed by atoms with Gasteiger partial charge in [-0.1, -0.05) is 188 Å². The van der Waals surface area contributed by atoms with Crippen molar-refractivity contribution in [3.8, 4) is 50.2 Å². The summed E-state index contributed by atoms with van der Waals surface area (Å²) in [5.74, 6) is 0. The SMILES string of the molecule is c1ccc(-c2ccccc2N(c2ccc(-c3ccc4ccccc4c3)cc2)c2ccccc2-c2ccccc2-c2cccc3c2c2ccccc2n3-c2ccccc2)cc1. The first kappa shape index (κ1) is 35.2. The highest BCUT2D eigenvalue weighted by molar-refractivity contribution is 6.17. The van der Waals surface area contributed by atoms with Gasteiger partial charge in [0.15, 0.2) is 0 Å². The van der Waals surface area contributed by atoms with E-state index < -0.39 is 0 Å². The lowest BCUT2D eigenvalue weighted by atomic mass is 9.90. The van der Waals surface area contributed by atoms with Crippen molar-refractivity contribution in [2.75, 3.05) is 4.90 Å². The Morgan fingerprint density at radius 2 is 0.833 bits per heavy atom. The zero-order chi connectivity index (χ0) is 39.8. The van der Waals surface area contributed by atoms with Gasteiger partial charge in [0.1, 0.15) is 0 Å². The predicted molar refractivity (Wildman–Crippen MR) is 255 cm³/mol. The van der Waals surface area contributed by atoms with Gasteiger partial charge in [0.05, 0.1) is 22.4 Å². The molecule has 0 atom stereocenters. The topological polar surface area (TPSA) is 8.17 Å². The van der Waals surface area contributed by atoms with Crippen molar-refractivity contribution < 1.29 is 0 Å². The molecule has 0 bridgehead atoms. The molecule has 0 fully saturated rings. The van der Waals surface area contributed by atoms with Crippen LogP contribution >= 0.6 is 0 Å². The molecular weight excluding hydrogens is 725 g/mol. The Bertz CT molecular complexity index is 3310. The number of aromatic nitrogens is 1. The van der Waals surface area contributed by atoms with Crippen LogP contribution in [-0.2, 0) is 0 Å². The molecule has 0 aliphatic heterocycles. The summed E-state index contributed by atoms with van der Waals surface area (Å²) in [6, 6.07) is 87.9. The molecular formula is C58H40N2. The first-order chi connectivity index (χ1) is 29.8. The number of rotatable bonds is 8. The molecule has 2 heteroatoms. The fraction of sp³-hybridized carbons (Fsp3) is 0. The van der Waals surface area contributed by atoms with Gasteiger partial charge in [0.2, 0.25) is 0 Å². The minimum atomic E-state index is 1.08. The Balaban J connectivity index is 1.11. The molecule has 0 aliphatic rings. The monoisotopic (exact) mass is 764 g/mol. The van der Waals surface area contributed by atoms with Crippen molar-refractivity contribution in [2.45, 2.75) is 0 Å². The molecule has 0 radical (unpaired) electrons. The number of fused-ring (bicyclic) bond motifs is 4. The van der Waals surface area contributed by atoms with E-state index in [0.29, 0.717) is 0 Å². The van der Waals surface area contributed by atoms with Crippen molar-refractivity contribution in [2.24, 2.45) is 0 Å². The standard InChI is InChI=1S/C58H40N2/c1-3-19-43(20-4-1)48-24-11-14-30-54(48)59(47-38-36-42(37-39-47)45-35-34-41-18-7-8-21-44(41)40-45)55-31-15-12-27-51(55)49-25-9-10-26-50(49)52-29-17-33-57-58(52)53-28-13-16-32-56(53)60(57)46-22-5-2-6-23-46/h1-40H. The fourth-order valence-corrected chi connectivity index (χ4v) is 9.06. The van der Waals surface area contributed by atoms with Gasteiger partial charge in [-0.25, -0.2) is 0 Å². The highest BCUT2D eigenvalue weighted by Crippen LogP contribution is 2.48. The summed E-state index contributed by atoms with van der Waals surface area (Å²) in [5.41, 5.74) is 16.3. The molecule has 1 heterocycles. The van der Waals surface area contributed by atoms with Gasteiger partial charge >= 0.3 is 0 Å². The Labute approximate surface area is 350 Å². The lowest BCUT2D eigenvalue weighted by Gasteiger charge is -2.30. The molecule has 0 aliphatic carbocycles. The minimum Gasteiger partial charge on any atom is -0.309 e. The summed E-state index contributed by atoms with van der Waals surface area (Å²) in [4.78, 5) is 2.44. The second-order valence-corrected chi connectivity index (χ2v) is 15.3. The summed E-state index contributed by atoms with van der Waals surface area (Å²) in [7, 11) is 0. The molecule has 0 amide bonds. The van der Waals surface area contributed by atoms with E-state index in [1.165, 1.54) is 71.5 Å². The normalized spacial score (nSPS) is 11.3. The van der Waals surface area contributed by atoms with Crippen molar-refractivity contribution in [3.63, 3.8) is 0 Å². The van der Waals surface area contributed by atoms with Gasteiger partial charge < -0.3 is 9.47 Å². The zero-order valence-corrected chi connectivity index (χ0v) is 33.0. The van der Waals surface area contributed by atoms with E-state index in [2.05, 4.69) is 252 Å². The van der Waals surface area contributed by atoms with Crippen LogP contribution in [0.4, 0.5) is 17.1 Å². The smallest absolute Gasteiger partial charge is 0.0547 e. The van der Waals surface area contributed by atoms with Crippen LogP contribution in [0, 0.1) is 0 Å². The lowest BCUT2D eigenvalue weighted by molar-refractivity contribution is 1.18. The van der Waals surface area contributed by atoms with Crippen LogP contribution in [0.1, 0.15) is 0 Å². The van der Waals surface area contributed by atoms with E-state index in [1.807, 2.05) is 0 Å². The Morgan fingerprint density at radius 1 is 0.300 bits per heavy atom. The molecule has 60 heavy (non-hydrogen) atoms. The maximum absolute atomic E-state index is 2.44. The van der Waals surface area contributed by atoms with Crippen LogP contribution < -0.4 is 4.90 Å². The first-order valence-electron chi connectivity index (χ1n) is 20.6. The zero-order valence-electron chi connectivity index (χ0n) is 33.0. The third-order valence-corrected chi connectivity index (χ3v) is 11.8. The second-order valence-electron chi connectivity index (χ2n) is 15.3. The molecule has 11 aromatic rings. The average molecular weight is 765 g/mol. The van der Waals surface area contributed by atoms with Crippen LogP contribution in [0.5, 0.6) is 0 Å². The number of hydrogen-bond acceptors (Lipinski definition) is 1. The minimum absolute atomic E-state index is 1.08. The molecule has 2 nitrogen and oxygen atoms in total. The molecule has 1 aromatic heterocycles. The van der Waals surface area contributed by atoms with Crippen molar-refractivity contribution in [1.29, 1.82) is 0 Å². The quantitative estimate of drug-likeness (QED) is 0.150. The molecule has 11 rings (SSSR count). The van der Waals surface area contributed by atoms with Gasteiger partial charge in [-0.05, 0) is 98.8 Å². The summed E-state index contributed by atoms with van der Waals surface area (Å²) in [6.07, 6.45) is 0. The van der Waals surface area contributed by atoms with Crippen LogP contribution in [0.2, 0.25) is 0 Å². The Morgan fingerprint density at radius 3 is 1.60 bits per heavy atom. The summed E-state index contributed by atoms with van der Waals surface area (Å²) in [6.45, 7) is 0. The molecule has 0 saturated heterocycles. The summed E-state index contributed by atoms with van der Waals surface area (Å²) >= 11 is 0. The molecule has 10 aromatic carbocycles. The summed E-state index contributed by atoms with van der Waals surface area (Å²) < 4.78 is 2.40. The third-order valence-electron chi connectivity index (χ3n) is 11.8. The number of anilines is 3. The fourth-order valence-electron chi connectivity index (χ4n) is 9.06. The van der Waals surface area contributed by atoms with E-state index in [-0.39, 0.29) is 0 Å². The highest BCUT2D eigenvalue weighted by Gasteiger charge is 2.23. The van der Waals surface area contributed by atoms with Gasteiger partial charge in [0.25, 0.3) is 0 Å². The van der Waals surface area contributed by atoms with Crippen molar-refractivity contribution in [3.05, 3.63) is 243 Å². The number of para-hydroxylation sites is 4. The Kier molecular flexibility index (Phi) is 8.87. The maximum Gasteiger partial charge on any atom is 0.0547 e.